The van der Waals surface area contributed by atoms with Crippen LogP contribution in [0, 0.1) is 13.8 Å². The van der Waals surface area contributed by atoms with Crippen molar-refractivity contribution in [3.8, 4) is 5.75 Å². The van der Waals surface area contributed by atoms with Crippen molar-refractivity contribution in [3.05, 3.63) is 23.0 Å². The molecule has 124 valence electrons. The second-order valence-electron chi connectivity index (χ2n) is 4.83. The minimum Gasteiger partial charge on any atom is -0.496 e. The molecule has 1 heterocycles. The number of nitrogens with zero attached hydrogens (tertiary/aromatic N) is 1. The van der Waals surface area contributed by atoms with Gasteiger partial charge in [-0.2, -0.15) is 13.2 Å². The van der Waals surface area contributed by atoms with Gasteiger partial charge in [0.15, 0.2) is 0 Å². The number of aryl methyl sites for hydroxylation is 1. The minimum absolute atomic E-state index is 0.0843. The third-order valence-electron chi connectivity index (χ3n) is 3.05. The number of carbonyl (C=O) groups is 1. The molecule has 0 saturated carbocycles. The van der Waals surface area contributed by atoms with Crippen molar-refractivity contribution in [1.82, 2.24) is 10.3 Å². The number of ether oxygens (including phenoxy) is 2. The molecule has 1 aromatic heterocycles. The predicted molar refractivity (Wildman–Crippen MR) is 73.6 cm³/mol. The van der Waals surface area contributed by atoms with E-state index in [0.717, 1.165) is 11.1 Å². The molecule has 0 aliphatic carbocycles. The van der Waals surface area contributed by atoms with E-state index in [1.165, 1.54) is 14.0 Å². The topological polar surface area (TPSA) is 60.5 Å². The molecule has 0 aliphatic heterocycles. The zero-order valence-corrected chi connectivity index (χ0v) is 12.9. The molecule has 1 atom stereocenters. The van der Waals surface area contributed by atoms with Gasteiger partial charge < -0.3 is 14.8 Å². The number of halogens is 3. The monoisotopic (exact) mass is 320 g/mol. The Morgan fingerprint density at radius 3 is 2.59 bits per heavy atom. The maximum Gasteiger partial charge on any atom is 0.411 e. The first kappa shape index (κ1) is 18.2. The summed E-state index contributed by atoms with van der Waals surface area (Å²) in [6.45, 7) is 3.52. The molecule has 1 rings (SSSR count). The van der Waals surface area contributed by atoms with Gasteiger partial charge in [0, 0.05) is 17.3 Å². The minimum atomic E-state index is -4.46. The highest BCUT2D eigenvalue weighted by molar-refractivity contribution is 5.80. The van der Waals surface area contributed by atoms with E-state index in [0.29, 0.717) is 11.4 Å². The molecule has 0 saturated heterocycles. The molecule has 0 unspecified atom stereocenters. The Bertz CT molecular complexity index is 533. The fourth-order valence-corrected chi connectivity index (χ4v) is 1.86. The maximum atomic E-state index is 12.0. The fourth-order valence-electron chi connectivity index (χ4n) is 1.86. The van der Waals surface area contributed by atoms with Crippen LogP contribution in [-0.2, 0) is 16.1 Å². The van der Waals surface area contributed by atoms with Gasteiger partial charge in [0.2, 0.25) is 5.91 Å². The van der Waals surface area contributed by atoms with E-state index in [-0.39, 0.29) is 6.54 Å². The summed E-state index contributed by atoms with van der Waals surface area (Å²) in [5.41, 5.74) is 2.21. The van der Waals surface area contributed by atoms with Gasteiger partial charge in [0.25, 0.3) is 0 Å². The Morgan fingerprint density at radius 2 is 2.05 bits per heavy atom. The molecule has 8 heteroatoms. The summed E-state index contributed by atoms with van der Waals surface area (Å²) in [6.07, 6.45) is -4.05. The van der Waals surface area contributed by atoms with Crippen LogP contribution in [0.1, 0.15) is 23.7 Å². The van der Waals surface area contributed by atoms with Gasteiger partial charge in [-0.25, -0.2) is 0 Å². The first-order chi connectivity index (χ1) is 10.2. The van der Waals surface area contributed by atoms with Gasteiger partial charge >= 0.3 is 6.18 Å². The van der Waals surface area contributed by atoms with Crippen molar-refractivity contribution in [3.63, 3.8) is 0 Å². The van der Waals surface area contributed by atoms with E-state index in [9.17, 15) is 18.0 Å². The molecule has 0 fully saturated rings. The normalized spacial score (nSPS) is 12.9. The molecule has 22 heavy (non-hydrogen) atoms. The van der Waals surface area contributed by atoms with Crippen LogP contribution in [-0.4, -0.2) is 36.9 Å². The number of pyridine rings is 1. The van der Waals surface area contributed by atoms with Crippen LogP contribution in [0.5, 0.6) is 5.75 Å². The van der Waals surface area contributed by atoms with Gasteiger partial charge in [-0.3, -0.25) is 9.78 Å². The zero-order chi connectivity index (χ0) is 16.9. The lowest BCUT2D eigenvalue weighted by atomic mass is 10.1. The average molecular weight is 320 g/mol. The van der Waals surface area contributed by atoms with Gasteiger partial charge in [-0.05, 0) is 20.8 Å². The smallest absolute Gasteiger partial charge is 0.411 e. The van der Waals surface area contributed by atoms with E-state index in [1.54, 1.807) is 13.1 Å². The molecular formula is C14H19F3N2O3. The van der Waals surface area contributed by atoms with E-state index in [4.69, 9.17) is 4.74 Å². The first-order valence-corrected chi connectivity index (χ1v) is 6.60. The molecule has 1 amide bonds. The highest BCUT2D eigenvalue weighted by Gasteiger charge is 2.29. The van der Waals surface area contributed by atoms with Gasteiger partial charge in [0.1, 0.15) is 18.5 Å². The van der Waals surface area contributed by atoms with E-state index >= 15 is 0 Å². The number of amides is 1. The van der Waals surface area contributed by atoms with Crippen LogP contribution in [0.3, 0.4) is 0 Å². The Labute approximate surface area is 126 Å². The number of alkyl halides is 3. The van der Waals surface area contributed by atoms with Gasteiger partial charge in [-0.15, -0.1) is 0 Å². The predicted octanol–water partition coefficient (Wildman–Crippen LogP) is 2.29. The van der Waals surface area contributed by atoms with E-state index < -0.39 is 24.8 Å². The largest absolute Gasteiger partial charge is 0.496 e. The Morgan fingerprint density at radius 1 is 1.41 bits per heavy atom. The third kappa shape index (κ3) is 5.18. The SMILES string of the molecule is COc1c(C)cnc(CNC(=O)[C@@H](C)OCC(F)(F)F)c1C. The van der Waals surface area contributed by atoms with Crippen LogP contribution >= 0.6 is 0 Å². The molecule has 5 nitrogen and oxygen atoms in total. The lowest BCUT2D eigenvalue weighted by Crippen LogP contribution is -2.36. The van der Waals surface area contributed by atoms with Gasteiger partial charge in [-0.1, -0.05) is 0 Å². The van der Waals surface area contributed by atoms with Crippen LogP contribution in [0.25, 0.3) is 0 Å². The number of rotatable bonds is 6. The Balaban J connectivity index is 2.61. The Kier molecular flexibility index (Phi) is 6.16. The molecule has 0 radical (unpaired) electrons. The molecule has 1 aromatic rings. The summed E-state index contributed by atoms with van der Waals surface area (Å²) in [4.78, 5) is 15.9. The van der Waals surface area contributed by atoms with E-state index in [2.05, 4.69) is 15.0 Å². The number of hydrogen-bond donors (Lipinski definition) is 1. The molecule has 0 spiro atoms. The van der Waals surface area contributed by atoms with Crippen molar-refractivity contribution in [2.75, 3.05) is 13.7 Å². The number of methoxy groups -OCH3 is 1. The molecular weight excluding hydrogens is 301 g/mol. The van der Waals surface area contributed by atoms with Crippen LogP contribution in [0.2, 0.25) is 0 Å². The second-order valence-corrected chi connectivity index (χ2v) is 4.83. The van der Waals surface area contributed by atoms with Crippen molar-refractivity contribution < 1.29 is 27.4 Å². The van der Waals surface area contributed by atoms with Crippen LogP contribution in [0.4, 0.5) is 13.2 Å². The van der Waals surface area contributed by atoms with Crippen LogP contribution < -0.4 is 10.1 Å². The first-order valence-electron chi connectivity index (χ1n) is 6.60. The number of aromatic nitrogens is 1. The molecule has 1 N–H and O–H groups in total. The third-order valence-corrected chi connectivity index (χ3v) is 3.05. The highest BCUT2D eigenvalue weighted by Crippen LogP contribution is 2.23. The standard InChI is InChI=1S/C14H19F3N2O3/c1-8-5-18-11(9(2)12(8)21-4)6-19-13(20)10(3)22-7-14(15,16)17/h5,10H,6-7H2,1-4H3,(H,19,20)/t10-/m1/s1. The Hall–Kier alpha value is -1.83. The summed E-state index contributed by atoms with van der Waals surface area (Å²) < 4.78 is 45.8. The highest BCUT2D eigenvalue weighted by atomic mass is 19.4. The lowest BCUT2D eigenvalue weighted by molar-refractivity contribution is -0.185. The van der Waals surface area contributed by atoms with Crippen LogP contribution in [0.15, 0.2) is 6.20 Å². The summed E-state index contributed by atoms with van der Waals surface area (Å²) >= 11 is 0. The second kappa shape index (κ2) is 7.44. The fraction of sp³-hybridized carbons (Fsp3) is 0.571. The van der Waals surface area contributed by atoms with Crippen molar-refractivity contribution in [1.29, 1.82) is 0 Å². The number of hydrogen-bond acceptors (Lipinski definition) is 4. The van der Waals surface area contributed by atoms with Crippen molar-refractivity contribution >= 4 is 5.91 Å². The van der Waals surface area contributed by atoms with Gasteiger partial charge in [0.05, 0.1) is 19.3 Å². The lowest BCUT2D eigenvalue weighted by Gasteiger charge is -2.16. The number of carbonyl (C=O) groups excluding carboxylic acids is 1. The molecule has 0 aliphatic rings. The average Bonchev–Trinajstić information content (AvgIpc) is 2.43. The maximum absolute atomic E-state index is 12.0. The molecule has 0 aromatic carbocycles. The summed E-state index contributed by atoms with van der Waals surface area (Å²) in [5, 5.41) is 2.50. The molecule has 0 bridgehead atoms. The van der Waals surface area contributed by atoms with Crippen molar-refractivity contribution in [2.24, 2.45) is 0 Å². The summed E-state index contributed by atoms with van der Waals surface area (Å²) in [6, 6.07) is 0. The zero-order valence-electron chi connectivity index (χ0n) is 12.9. The van der Waals surface area contributed by atoms with E-state index in [1.807, 2.05) is 6.92 Å². The summed E-state index contributed by atoms with van der Waals surface area (Å²) in [7, 11) is 1.53. The summed E-state index contributed by atoms with van der Waals surface area (Å²) in [5.74, 6) is 0.0330. The quantitative estimate of drug-likeness (QED) is 0.874. The van der Waals surface area contributed by atoms with Crippen molar-refractivity contribution in [2.45, 2.75) is 39.6 Å². The number of nitrogens with one attached hydrogen (secondary N) is 1.